The van der Waals surface area contributed by atoms with E-state index in [-0.39, 0.29) is 0 Å². The maximum atomic E-state index is 11.3. The molecule has 0 fully saturated rings. The number of hydrogen-bond acceptors (Lipinski definition) is 5. The van der Waals surface area contributed by atoms with Gasteiger partial charge in [-0.2, -0.15) is 0 Å². The van der Waals surface area contributed by atoms with Gasteiger partial charge in [0, 0.05) is 5.75 Å². The van der Waals surface area contributed by atoms with Crippen LogP contribution in [0.15, 0.2) is 4.99 Å². The second-order valence-corrected chi connectivity index (χ2v) is 5.23. The van der Waals surface area contributed by atoms with Crippen LogP contribution in [0.2, 0.25) is 0 Å². The number of carbonyl (C=O) groups excluding carboxylic acids is 1. The van der Waals surface area contributed by atoms with E-state index in [0.717, 1.165) is 0 Å². The number of carbonyl (C=O) groups is 2. The minimum Gasteiger partial charge on any atom is -0.480 e. The fraction of sp³-hybridized carbons (Fsp3) is 0.667. The van der Waals surface area contributed by atoms with Crippen molar-refractivity contribution in [2.75, 3.05) is 5.75 Å². The van der Waals surface area contributed by atoms with Gasteiger partial charge >= 0.3 is 12.1 Å². The van der Waals surface area contributed by atoms with Crippen LogP contribution >= 0.6 is 11.8 Å². The van der Waals surface area contributed by atoms with Crippen LogP contribution in [0.4, 0.5) is 4.79 Å². The fourth-order valence-corrected chi connectivity index (χ4v) is 1.85. The minimum absolute atomic E-state index is 0.293. The molecule has 1 aliphatic heterocycles. The van der Waals surface area contributed by atoms with Crippen molar-refractivity contribution in [3.63, 3.8) is 0 Å². The molecule has 1 atom stereocenters. The third kappa shape index (κ3) is 4.09. The number of rotatable bonds is 1. The maximum absolute atomic E-state index is 11.3. The topological polar surface area (TPSA) is 88.0 Å². The molecule has 0 aromatic heterocycles. The molecule has 1 aliphatic rings. The second-order valence-electron chi connectivity index (χ2n) is 4.23. The molecule has 0 aromatic carbocycles. The van der Waals surface area contributed by atoms with Crippen molar-refractivity contribution >= 4 is 29.0 Å². The SMILES string of the molecule is CC(C)(C)OC(=O)NC1=NC(C(=O)O)CS1. The average molecular weight is 246 g/mol. The van der Waals surface area contributed by atoms with Gasteiger partial charge in [0.2, 0.25) is 0 Å². The van der Waals surface area contributed by atoms with Crippen molar-refractivity contribution in [2.24, 2.45) is 4.99 Å². The Bertz CT molecular complexity index is 335. The first-order chi connectivity index (χ1) is 7.28. The van der Waals surface area contributed by atoms with E-state index in [2.05, 4.69) is 10.3 Å². The van der Waals surface area contributed by atoms with Crippen LogP contribution in [0.3, 0.4) is 0 Å². The zero-order valence-electron chi connectivity index (χ0n) is 9.31. The summed E-state index contributed by atoms with van der Waals surface area (Å²) in [5.41, 5.74) is -0.583. The van der Waals surface area contributed by atoms with Gasteiger partial charge in [0.1, 0.15) is 5.60 Å². The maximum Gasteiger partial charge on any atom is 0.413 e. The van der Waals surface area contributed by atoms with Crippen LogP contribution in [0.5, 0.6) is 0 Å². The molecule has 1 amide bonds. The lowest BCUT2D eigenvalue weighted by Gasteiger charge is -2.19. The summed E-state index contributed by atoms with van der Waals surface area (Å²) in [6.07, 6.45) is -0.621. The van der Waals surface area contributed by atoms with Crippen LogP contribution < -0.4 is 5.32 Å². The summed E-state index contributed by atoms with van der Waals surface area (Å²) >= 11 is 1.19. The molecule has 0 saturated carbocycles. The first-order valence-corrected chi connectivity index (χ1v) is 5.70. The van der Waals surface area contributed by atoms with E-state index in [9.17, 15) is 9.59 Å². The van der Waals surface area contributed by atoms with E-state index < -0.39 is 23.7 Å². The summed E-state index contributed by atoms with van der Waals surface area (Å²) in [6.45, 7) is 5.24. The minimum atomic E-state index is -0.992. The first-order valence-electron chi connectivity index (χ1n) is 4.71. The van der Waals surface area contributed by atoms with Gasteiger partial charge in [-0.25, -0.2) is 14.6 Å². The Kier molecular flexibility index (Phi) is 3.79. The summed E-state index contributed by atoms with van der Waals surface area (Å²) in [6, 6.07) is -0.782. The molecule has 0 radical (unpaired) electrons. The monoisotopic (exact) mass is 246 g/mol. The van der Waals surface area contributed by atoms with Gasteiger partial charge in [-0.15, -0.1) is 0 Å². The summed E-state index contributed by atoms with van der Waals surface area (Å²) in [4.78, 5) is 25.7. The highest BCUT2D eigenvalue weighted by Crippen LogP contribution is 2.17. The summed E-state index contributed by atoms with van der Waals surface area (Å²) in [5, 5.41) is 11.4. The Hall–Kier alpha value is -1.24. The molecule has 0 spiro atoms. The van der Waals surface area contributed by atoms with Crippen LogP contribution in [0, 0.1) is 0 Å². The summed E-state index contributed by atoms with van der Waals surface area (Å²) in [5.74, 6) is -0.658. The molecule has 7 heteroatoms. The van der Waals surface area contributed by atoms with E-state index in [1.54, 1.807) is 20.8 Å². The van der Waals surface area contributed by atoms with Gasteiger partial charge in [0.25, 0.3) is 0 Å². The number of amides is 1. The zero-order valence-corrected chi connectivity index (χ0v) is 10.1. The molecular formula is C9H14N2O4S. The lowest BCUT2D eigenvalue weighted by Crippen LogP contribution is -2.34. The molecule has 90 valence electrons. The third-order valence-electron chi connectivity index (χ3n) is 1.54. The average Bonchev–Trinajstić information content (AvgIpc) is 2.48. The summed E-state index contributed by atoms with van der Waals surface area (Å²) < 4.78 is 5.00. The molecule has 0 saturated heterocycles. The lowest BCUT2D eigenvalue weighted by molar-refractivity contribution is -0.137. The van der Waals surface area contributed by atoms with Crippen molar-refractivity contribution in [3.8, 4) is 0 Å². The van der Waals surface area contributed by atoms with Crippen LogP contribution in [-0.2, 0) is 9.53 Å². The largest absolute Gasteiger partial charge is 0.480 e. The Morgan fingerprint density at radius 1 is 1.56 bits per heavy atom. The highest BCUT2D eigenvalue weighted by molar-refractivity contribution is 8.14. The number of carboxylic acids is 1. The quantitative estimate of drug-likeness (QED) is 0.722. The number of alkyl carbamates (subject to hydrolysis) is 1. The van der Waals surface area contributed by atoms with Gasteiger partial charge in [-0.1, -0.05) is 11.8 Å². The van der Waals surface area contributed by atoms with Gasteiger partial charge in [0.05, 0.1) is 0 Å². The molecule has 6 nitrogen and oxygen atoms in total. The van der Waals surface area contributed by atoms with Gasteiger partial charge in [-0.05, 0) is 20.8 Å². The standard InChI is InChI=1S/C9H14N2O4S/c1-9(2,3)15-8(14)11-7-10-5(4-16-7)6(12)13/h5H,4H2,1-3H3,(H,12,13)(H,10,11,14). The van der Waals surface area contributed by atoms with Crippen LogP contribution in [0.1, 0.15) is 20.8 Å². The predicted octanol–water partition coefficient (Wildman–Crippen LogP) is 1.07. The van der Waals surface area contributed by atoms with E-state index in [0.29, 0.717) is 10.9 Å². The number of hydrogen-bond donors (Lipinski definition) is 2. The van der Waals surface area contributed by atoms with Crippen LogP contribution in [0.25, 0.3) is 0 Å². The molecule has 2 N–H and O–H groups in total. The van der Waals surface area contributed by atoms with Crippen molar-refractivity contribution in [2.45, 2.75) is 32.4 Å². The number of aliphatic carboxylic acids is 1. The van der Waals surface area contributed by atoms with Crippen molar-refractivity contribution < 1.29 is 19.4 Å². The molecular weight excluding hydrogens is 232 g/mol. The Morgan fingerprint density at radius 2 is 2.19 bits per heavy atom. The fourth-order valence-electron chi connectivity index (χ4n) is 0.960. The molecule has 0 bridgehead atoms. The summed E-state index contributed by atoms with van der Waals surface area (Å²) in [7, 11) is 0. The predicted molar refractivity (Wildman–Crippen MR) is 60.7 cm³/mol. The number of nitrogens with zero attached hydrogens (tertiary/aromatic N) is 1. The van der Waals surface area contributed by atoms with E-state index in [4.69, 9.17) is 9.84 Å². The second kappa shape index (κ2) is 4.73. The Balaban J connectivity index is 2.47. The lowest BCUT2D eigenvalue weighted by atomic mass is 10.2. The van der Waals surface area contributed by atoms with Crippen molar-refractivity contribution in [1.29, 1.82) is 0 Å². The Labute approximate surface area is 97.5 Å². The smallest absolute Gasteiger partial charge is 0.413 e. The van der Waals surface area contributed by atoms with E-state index in [1.165, 1.54) is 11.8 Å². The normalized spacial score (nSPS) is 20.2. The zero-order chi connectivity index (χ0) is 12.3. The molecule has 0 aromatic rings. The molecule has 1 rings (SSSR count). The number of nitrogens with one attached hydrogen (secondary N) is 1. The van der Waals surface area contributed by atoms with Gasteiger partial charge in [0.15, 0.2) is 11.2 Å². The molecule has 1 heterocycles. The van der Waals surface area contributed by atoms with Gasteiger partial charge in [-0.3, -0.25) is 5.32 Å². The number of thioether (sulfide) groups is 1. The van der Waals surface area contributed by atoms with Crippen LogP contribution in [-0.4, -0.2) is 39.7 Å². The number of ether oxygens (including phenoxy) is 1. The van der Waals surface area contributed by atoms with E-state index in [1.807, 2.05) is 0 Å². The highest BCUT2D eigenvalue weighted by Gasteiger charge is 2.26. The van der Waals surface area contributed by atoms with E-state index >= 15 is 0 Å². The molecule has 0 aliphatic carbocycles. The molecule has 16 heavy (non-hydrogen) atoms. The number of amidine groups is 1. The molecule has 1 unspecified atom stereocenters. The third-order valence-corrected chi connectivity index (χ3v) is 2.51. The number of aliphatic imine (C=N–C) groups is 1. The van der Waals surface area contributed by atoms with Crippen molar-refractivity contribution in [1.82, 2.24) is 5.32 Å². The number of carboxylic acid groups (broad SMARTS) is 1. The first kappa shape index (κ1) is 12.8. The van der Waals surface area contributed by atoms with Crippen molar-refractivity contribution in [3.05, 3.63) is 0 Å². The Morgan fingerprint density at radius 3 is 2.62 bits per heavy atom. The van der Waals surface area contributed by atoms with Gasteiger partial charge < -0.3 is 9.84 Å². The highest BCUT2D eigenvalue weighted by atomic mass is 32.2.